The molecule has 1 heterocycles. The number of rotatable bonds is 7. The largest absolute Gasteiger partial charge is 0.310 e. The molecule has 0 amide bonds. The molecule has 0 aromatic carbocycles. The highest BCUT2D eigenvalue weighted by molar-refractivity contribution is 9.10. The lowest BCUT2D eigenvalue weighted by Crippen LogP contribution is -2.49. The van der Waals surface area contributed by atoms with Crippen LogP contribution in [-0.4, -0.2) is 66.9 Å². The van der Waals surface area contributed by atoms with Gasteiger partial charge in [-0.1, -0.05) is 0 Å². The standard InChI is InChI=1S/C14H28BrN5/c1-14(2,19(6)7)13(16-3)12-11(15)10-17-20(12)9-8-18(4)5/h10,13,16H,8-9H2,1-7H3. The van der Waals surface area contributed by atoms with Gasteiger partial charge in [0.2, 0.25) is 0 Å². The summed E-state index contributed by atoms with van der Waals surface area (Å²) in [6.07, 6.45) is 1.89. The Morgan fingerprint density at radius 1 is 1.35 bits per heavy atom. The van der Waals surface area contributed by atoms with Crippen molar-refractivity contribution >= 4 is 15.9 Å². The third-order valence-corrected chi connectivity index (χ3v) is 4.62. The number of nitrogens with zero attached hydrogens (tertiary/aromatic N) is 4. The van der Waals surface area contributed by atoms with Crippen LogP contribution < -0.4 is 5.32 Å². The maximum Gasteiger partial charge on any atom is 0.0714 e. The van der Waals surface area contributed by atoms with Gasteiger partial charge in [0, 0.05) is 12.1 Å². The van der Waals surface area contributed by atoms with Gasteiger partial charge in [-0.3, -0.25) is 4.68 Å². The van der Waals surface area contributed by atoms with Crippen molar-refractivity contribution in [2.24, 2.45) is 0 Å². The molecule has 1 aromatic rings. The number of hydrogen-bond acceptors (Lipinski definition) is 4. The van der Waals surface area contributed by atoms with Gasteiger partial charge in [-0.25, -0.2) is 0 Å². The zero-order chi connectivity index (χ0) is 15.5. The van der Waals surface area contributed by atoms with E-state index in [1.165, 1.54) is 5.69 Å². The highest BCUT2D eigenvalue weighted by Gasteiger charge is 2.35. The van der Waals surface area contributed by atoms with Crippen molar-refractivity contribution in [2.45, 2.75) is 32.0 Å². The molecule has 0 radical (unpaired) electrons. The molecule has 0 bridgehead atoms. The van der Waals surface area contributed by atoms with Gasteiger partial charge < -0.3 is 15.1 Å². The summed E-state index contributed by atoms with van der Waals surface area (Å²) in [4.78, 5) is 4.41. The van der Waals surface area contributed by atoms with Crippen molar-refractivity contribution in [1.82, 2.24) is 24.9 Å². The van der Waals surface area contributed by atoms with E-state index in [0.717, 1.165) is 17.6 Å². The van der Waals surface area contributed by atoms with Gasteiger partial charge in [0.15, 0.2) is 0 Å². The van der Waals surface area contributed by atoms with Crippen LogP contribution in [0.4, 0.5) is 0 Å². The second-order valence-corrected chi connectivity index (χ2v) is 7.03. The molecule has 0 spiro atoms. The molecule has 1 atom stereocenters. The fourth-order valence-electron chi connectivity index (χ4n) is 2.21. The highest BCUT2D eigenvalue weighted by Crippen LogP contribution is 2.33. The predicted octanol–water partition coefficient (Wildman–Crippen LogP) is 1.81. The molecule has 6 heteroatoms. The Bertz CT molecular complexity index is 425. The monoisotopic (exact) mass is 345 g/mol. The average Bonchev–Trinajstić information content (AvgIpc) is 2.69. The number of halogens is 1. The number of likely N-dealkylation sites (N-methyl/N-ethyl adjacent to an activating group) is 3. The first kappa shape index (κ1) is 17.6. The molecule has 1 unspecified atom stereocenters. The first-order valence-corrected chi connectivity index (χ1v) is 7.71. The number of nitrogens with one attached hydrogen (secondary N) is 1. The van der Waals surface area contributed by atoms with Crippen LogP contribution in [0.25, 0.3) is 0 Å². The summed E-state index contributed by atoms with van der Waals surface area (Å²) < 4.78 is 3.15. The van der Waals surface area contributed by atoms with E-state index in [0.29, 0.717) is 0 Å². The molecule has 0 fully saturated rings. The van der Waals surface area contributed by atoms with Crippen LogP contribution in [0, 0.1) is 0 Å². The first-order chi connectivity index (χ1) is 9.21. The molecule has 1 aromatic heterocycles. The van der Waals surface area contributed by atoms with Gasteiger partial charge in [0.25, 0.3) is 0 Å². The third-order valence-electron chi connectivity index (χ3n) is 4.01. The van der Waals surface area contributed by atoms with E-state index in [9.17, 15) is 0 Å². The Balaban J connectivity index is 3.12. The van der Waals surface area contributed by atoms with Gasteiger partial charge in [-0.15, -0.1) is 0 Å². The molecular formula is C14H28BrN5. The van der Waals surface area contributed by atoms with Crippen molar-refractivity contribution in [1.29, 1.82) is 0 Å². The lowest BCUT2D eigenvalue weighted by Gasteiger charge is -2.40. The zero-order valence-electron chi connectivity index (χ0n) is 13.7. The molecule has 0 saturated carbocycles. The SMILES string of the molecule is CNC(c1c(Br)cnn1CCN(C)C)C(C)(C)N(C)C. The smallest absolute Gasteiger partial charge is 0.0714 e. The Kier molecular flexibility index (Phi) is 6.19. The van der Waals surface area contributed by atoms with Crippen LogP contribution in [0.15, 0.2) is 10.7 Å². The minimum atomic E-state index is -0.0207. The number of hydrogen-bond donors (Lipinski definition) is 1. The van der Waals surface area contributed by atoms with E-state index in [1.807, 2.05) is 13.2 Å². The Morgan fingerprint density at radius 3 is 2.40 bits per heavy atom. The van der Waals surface area contributed by atoms with Crippen LogP contribution >= 0.6 is 15.9 Å². The molecule has 1 N–H and O–H groups in total. The summed E-state index contributed by atoms with van der Waals surface area (Å²) in [5.74, 6) is 0. The Morgan fingerprint density at radius 2 is 1.95 bits per heavy atom. The van der Waals surface area contributed by atoms with Crippen molar-refractivity contribution < 1.29 is 0 Å². The molecule has 0 saturated heterocycles. The maximum absolute atomic E-state index is 4.51. The van der Waals surface area contributed by atoms with Crippen molar-refractivity contribution in [2.75, 3.05) is 41.8 Å². The fraction of sp³-hybridized carbons (Fsp3) is 0.786. The number of aromatic nitrogens is 2. The zero-order valence-corrected chi connectivity index (χ0v) is 15.3. The van der Waals surface area contributed by atoms with E-state index < -0.39 is 0 Å². The maximum atomic E-state index is 4.51. The van der Waals surface area contributed by atoms with E-state index in [-0.39, 0.29) is 11.6 Å². The molecular weight excluding hydrogens is 318 g/mol. The summed E-state index contributed by atoms with van der Waals surface area (Å²) in [5.41, 5.74) is 1.18. The highest BCUT2D eigenvalue weighted by atomic mass is 79.9. The second kappa shape index (κ2) is 7.02. The van der Waals surface area contributed by atoms with Gasteiger partial charge in [0.1, 0.15) is 0 Å². The van der Waals surface area contributed by atoms with E-state index in [2.05, 4.69) is 82.9 Å². The lowest BCUT2D eigenvalue weighted by molar-refractivity contribution is 0.136. The van der Waals surface area contributed by atoms with Gasteiger partial charge >= 0.3 is 0 Å². The molecule has 116 valence electrons. The van der Waals surface area contributed by atoms with Crippen LogP contribution in [0.5, 0.6) is 0 Å². The van der Waals surface area contributed by atoms with E-state index in [4.69, 9.17) is 0 Å². The third kappa shape index (κ3) is 3.81. The summed E-state index contributed by atoms with van der Waals surface area (Å²) in [6.45, 7) is 6.34. The van der Waals surface area contributed by atoms with E-state index >= 15 is 0 Å². The van der Waals surface area contributed by atoms with Crippen molar-refractivity contribution in [3.05, 3.63) is 16.4 Å². The average molecular weight is 346 g/mol. The van der Waals surface area contributed by atoms with Gasteiger partial charge in [0.05, 0.1) is 29.0 Å². The van der Waals surface area contributed by atoms with Crippen molar-refractivity contribution in [3.8, 4) is 0 Å². The Hall–Kier alpha value is -0.430. The molecule has 5 nitrogen and oxygen atoms in total. The summed E-state index contributed by atoms with van der Waals surface area (Å²) in [5, 5.41) is 7.96. The Labute approximate surface area is 131 Å². The molecule has 0 aliphatic heterocycles. The molecule has 1 rings (SSSR count). The predicted molar refractivity (Wildman–Crippen MR) is 88.0 cm³/mol. The quantitative estimate of drug-likeness (QED) is 0.817. The topological polar surface area (TPSA) is 36.3 Å². The molecule has 20 heavy (non-hydrogen) atoms. The van der Waals surface area contributed by atoms with Crippen molar-refractivity contribution in [3.63, 3.8) is 0 Å². The summed E-state index contributed by atoms with van der Waals surface area (Å²) >= 11 is 3.65. The van der Waals surface area contributed by atoms with Gasteiger partial charge in [-0.05, 0) is 65.0 Å². The molecule has 0 aliphatic rings. The fourth-order valence-corrected chi connectivity index (χ4v) is 2.74. The minimum Gasteiger partial charge on any atom is -0.310 e. The second-order valence-electron chi connectivity index (χ2n) is 6.17. The molecule has 0 aliphatic carbocycles. The normalized spacial score (nSPS) is 14.3. The van der Waals surface area contributed by atoms with Crippen LogP contribution in [-0.2, 0) is 6.54 Å². The summed E-state index contributed by atoms with van der Waals surface area (Å²) in [6, 6.07) is 0.191. The van der Waals surface area contributed by atoms with Crippen LogP contribution in [0.2, 0.25) is 0 Å². The van der Waals surface area contributed by atoms with Gasteiger partial charge in [-0.2, -0.15) is 5.10 Å². The summed E-state index contributed by atoms with van der Waals surface area (Å²) in [7, 11) is 10.4. The first-order valence-electron chi connectivity index (χ1n) is 6.92. The lowest BCUT2D eigenvalue weighted by atomic mass is 9.90. The minimum absolute atomic E-state index is 0.0207. The van der Waals surface area contributed by atoms with Crippen LogP contribution in [0.3, 0.4) is 0 Å². The van der Waals surface area contributed by atoms with Crippen LogP contribution in [0.1, 0.15) is 25.6 Å². The van der Waals surface area contributed by atoms with E-state index in [1.54, 1.807) is 0 Å².